The SMILES string of the molecule is Cc1ccc(C(O)(c2ccc(C)cc2)c2ccc(C)cc2C)cc1. The molecule has 0 aliphatic carbocycles. The van der Waals surface area contributed by atoms with Gasteiger partial charge in [-0.2, -0.15) is 0 Å². The molecule has 0 saturated heterocycles. The number of benzene rings is 3. The molecule has 0 atom stereocenters. The maximum absolute atomic E-state index is 11.9. The fourth-order valence-electron chi connectivity index (χ4n) is 3.29. The standard InChI is InChI=1S/C23H24O/c1-16-5-10-20(11-6-16)23(24,21-12-7-17(2)8-13-21)22-14-9-18(3)15-19(22)4/h5-15,24H,1-4H3. The van der Waals surface area contributed by atoms with Crippen LogP contribution in [0.2, 0.25) is 0 Å². The summed E-state index contributed by atoms with van der Waals surface area (Å²) in [7, 11) is 0. The normalized spacial score (nSPS) is 11.5. The summed E-state index contributed by atoms with van der Waals surface area (Å²) in [4.78, 5) is 0. The summed E-state index contributed by atoms with van der Waals surface area (Å²) >= 11 is 0. The molecule has 1 N–H and O–H groups in total. The molecule has 3 aromatic rings. The second-order valence-corrected chi connectivity index (χ2v) is 6.76. The quantitative estimate of drug-likeness (QED) is 0.658. The number of rotatable bonds is 3. The van der Waals surface area contributed by atoms with Crippen molar-refractivity contribution in [2.45, 2.75) is 33.3 Å². The van der Waals surface area contributed by atoms with Crippen molar-refractivity contribution in [2.75, 3.05) is 0 Å². The minimum atomic E-state index is -1.15. The third kappa shape index (κ3) is 2.88. The minimum absolute atomic E-state index is 0.893. The molecule has 3 aromatic carbocycles. The predicted octanol–water partition coefficient (Wildman–Crippen LogP) is 5.20. The molecule has 0 aromatic heterocycles. The molecule has 0 amide bonds. The molecular formula is C23H24O. The number of hydrogen-bond donors (Lipinski definition) is 1. The van der Waals surface area contributed by atoms with E-state index in [1.807, 2.05) is 30.3 Å². The lowest BCUT2D eigenvalue weighted by molar-refractivity contribution is 0.125. The molecule has 0 aliphatic rings. The zero-order valence-corrected chi connectivity index (χ0v) is 14.8. The molecule has 0 bridgehead atoms. The highest BCUT2D eigenvalue weighted by molar-refractivity contribution is 5.51. The van der Waals surface area contributed by atoms with Crippen molar-refractivity contribution in [2.24, 2.45) is 0 Å². The van der Waals surface area contributed by atoms with Gasteiger partial charge in [-0.1, -0.05) is 83.4 Å². The Balaban J connectivity index is 2.27. The Morgan fingerprint density at radius 3 is 1.42 bits per heavy atom. The van der Waals surface area contributed by atoms with E-state index in [0.29, 0.717) is 0 Å². The van der Waals surface area contributed by atoms with Gasteiger partial charge in [0.25, 0.3) is 0 Å². The molecule has 122 valence electrons. The Bertz CT molecular complexity index is 797. The van der Waals surface area contributed by atoms with Gasteiger partial charge in [-0.3, -0.25) is 0 Å². The second-order valence-electron chi connectivity index (χ2n) is 6.76. The first kappa shape index (κ1) is 16.5. The zero-order valence-electron chi connectivity index (χ0n) is 14.8. The summed E-state index contributed by atoms with van der Waals surface area (Å²) in [5.41, 5.74) is 6.23. The lowest BCUT2D eigenvalue weighted by Gasteiger charge is -2.32. The summed E-state index contributed by atoms with van der Waals surface area (Å²) in [5, 5.41) is 11.9. The molecule has 0 radical (unpaired) electrons. The van der Waals surface area contributed by atoms with Gasteiger partial charge in [-0.25, -0.2) is 0 Å². The summed E-state index contributed by atoms with van der Waals surface area (Å²) in [6, 6.07) is 22.5. The van der Waals surface area contributed by atoms with E-state index in [4.69, 9.17) is 0 Å². The van der Waals surface area contributed by atoms with E-state index in [0.717, 1.165) is 22.3 Å². The third-order valence-electron chi connectivity index (χ3n) is 4.71. The van der Waals surface area contributed by atoms with Crippen LogP contribution < -0.4 is 0 Å². The van der Waals surface area contributed by atoms with Crippen molar-refractivity contribution in [1.82, 2.24) is 0 Å². The molecule has 0 aliphatic heterocycles. The van der Waals surface area contributed by atoms with E-state index in [9.17, 15) is 5.11 Å². The summed E-state index contributed by atoms with van der Waals surface area (Å²) in [6.07, 6.45) is 0. The molecule has 1 nitrogen and oxygen atoms in total. The van der Waals surface area contributed by atoms with Crippen molar-refractivity contribution in [1.29, 1.82) is 0 Å². The molecule has 0 fully saturated rings. The van der Waals surface area contributed by atoms with Crippen LogP contribution in [-0.4, -0.2) is 5.11 Å². The zero-order chi connectivity index (χ0) is 17.3. The topological polar surface area (TPSA) is 20.2 Å². The van der Waals surface area contributed by atoms with Crippen LogP contribution in [0.5, 0.6) is 0 Å². The van der Waals surface area contributed by atoms with Gasteiger partial charge in [0.1, 0.15) is 5.60 Å². The smallest absolute Gasteiger partial charge is 0.140 e. The Kier molecular flexibility index (Phi) is 4.29. The van der Waals surface area contributed by atoms with E-state index in [-0.39, 0.29) is 0 Å². The first-order chi connectivity index (χ1) is 11.4. The number of aliphatic hydroxyl groups is 1. The van der Waals surface area contributed by atoms with Crippen LogP contribution in [-0.2, 0) is 5.60 Å². The molecule has 1 heteroatoms. The summed E-state index contributed by atoms with van der Waals surface area (Å²) < 4.78 is 0. The van der Waals surface area contributed by atoms with Gasteiger partial charge >= 0.3 is 0 Å². The summed E-state index contributed by atoms with van der Waals surface area (Å²) in [5.74, 6) is 0. The highest BCUT2D eigenvalue weighted by atomic mass is 16.3. The van der Waals surface area contributed by atoms with Crippen LogP contribution >= 0.6 is 0 Å². The second kappa shape index (κ2) is 6.26. The van der Waals surface area contributed by atoms with E-state index in [1.54, 1.807) is 0 Å². The van der Waals surface area contributed by atoms with E-state index >= 15 is 0 Å². The maximum Gasteiger partial charge on any atom is 0.140 e. The first-order valence-corrected chi connectivity index (χ1v) is 8.35. The lowest BCUT2D eigenvalue weighted by atomic mass is 9.78. The van der Waals surface area contributed by atoms with Crippen molar-refractivity contribution in [3.05, 3.63) is 106 Å². The molecule has 24 heavy (non-hydrogen) atoms. The largest absolute Gasteiger partial charge is 0.376 e. The van der Waals surface area contributed by atoms with Crippen molar-refractivity contribution >= 4 is 0 Å². The average molecular weight is 316 g/mol. The van der Waals surface area contributed by atoms with Crippen molar-refractivity contribution in [3.8, 4) is 0 Å². The highest BCUT2D eigenvalue weighted by Gasteiger charge is 2.34. The van der Waals surface area contributed by atoms with Crippen LogP contribution in [0.3, 0.4) is 0 Å². The van der Waals surface area contributed by atoms with Gasteiger partial charge in [0.15, 0.2) is 0 Å². The minimum Gasteiger partial charge on any atom is -0.376 e. The predicted molar refractivity (Wildman–Crippen MR) is 100 cm³/mol. The Morgan fingerprint density at radius 1 is 0.583 bits per heavy atom. The van der Waals surface area contributed by atoms with Gasteiger partial charge in [0.2, 0.25) is 0 Å². The van der Waals surface area contributed by atoms with Gasteiger partial charge in [-0.15, -0.1) is 0 Å². The fourth-order valence-corrected chi connectivity index (χ4v) is 3.29. The highest BCUT2D eigenvalue weighted by Crippen LogP contribution is 2.38. The summed E-state index contributed by atoms with van der Waals surface area (Å²) in [6.45, 7) is 8.26. The van der Waals surface area contributed by atoms with Gasteiger partial charge in [0.05, 0.1) is 0 Å². The maximum atomic E-state index is 11.9. The Morgan fingerprint density at radius 2 is 1.00 bits per heavy atom. The molecule has 0 heterocycles. The van der Waals surface area contributed by atoms with Crippen LogP contribution in [0.25, 0.3) is 0 Å². The van der Waals surface area contributed by atoms with E-state index in [1.165, 1.54) is 16.7 Å². The van der Waals surface area contributed by atoms with Crippen molar-refractivity contribution in [3.63, 3.8) is 0 Å². The molecule has 3 rings (SSSR count). The third-order valence-corrected chi connectivity index (χ3v) is 4.71. The first-order valence-electron chi connectivity index (χ1n) is 8.35. The van der Waals surface area contributed by atoms with Gasteiger partial charge in [-0.05, 0) is 49.9 Å². The van der Waals surface area contributed by atoms with E-state index in [2.05, 4.69) is 64.1 Å². The molecular weight excluding hydrogens is 292 g/mol. The van der Waals surface area contributed by atoms with Crippen LogP contribution in [0.1, 0.15) is 38.9 Å². The molecule has 0 saturated carbocycles. The van der Waals surface area contributed by atoms with Crippen LogP contribution in [0.15, 0.2) is 66.7 Å². The van der Waals surface area contributed by atoms with Crippen LogP contribution in [0.4, 0.5) is 0 Å². The van der Waals surface area contributed by atoms with Gasteiger partial charge < -0.3 is 5.11 Å². The van der Waals surface area contributed by atoms with E-state index < -0.39 is 5.60 Å². The van der Waals surface area contributed by atoms with Crippen LogP contribution in [0, 0.1) is 27.7 Å². The molecule has 0 unspecified atom stereocenters. The monoisotopic (exact) mass is 316 g/mol. The lowest BCUT2D eigenvalue weighted by Crippen LogP contribution is -2.30. The van der Waals surface area contributed by atoms with Gasteiger partial charge in [0, 0.05) is 0 Å². The number of hydrogen-bond acceptors (Lipinski definition) is 1. The Hall–Kier alpha value is -2.38. The fraction of sp³-hybridized carbons (Fsp3) is 0.217. The molecule has 0 spiro atoms. The average Bonchev–Trinajstić information content (AvgIpc) is 2.55. The van der Waals surface area contributed by atoms with Crippen molar-refractivity contribution < 1.29 is 5.11 Å². The Labute approximate surface area is 144 Å². The number of aryl methyl sites for hydroxylation is 4.